The fraction of sp³-hybridized carbons (Fsp3) is 0.500. The summed E-state index contributed by atoms with van der Waals surface area (Å²) in [5, 5.41) is 0. The van der Waals surface area contributed by atoms with Crippen molar-refractivity contribution in [1.29, 1.82) is 0 Å². The van der Waals surface area contributed by atoms with E-state index in [2.05, 4.69) is 0 Å². The van der Waals surface area contributed by atoms with Crippen LogP contribution in [0, 0.1) is 0 Å². The average molecular weight is 273 g/mol. The monoisotopic (exact) mass is 273 g/mol. The van der Waals surface area contributed by atoms with Gasteiger partial charge in [-0.15, -0.1) is 0 Å². The molecule has 0 aliphatic carbocycles. The molecule has 5 nitrogen and oxygen atoms in total. The van der Waals surface area contributed by atoms with Gasteiger partial charge in [0.15, 0.2) is 0 Å². The highest BCUT2D eigenvalue weighted by Crippen LogP contribution is 2.25. The first-order valence-corrected chi connectivity index (χ1v) is 7.57. The van der Waals surface area contributed by atoms with E-state index in [1.807, 2.05) is 0 Å². The minimum Gasteiger partial charge on any atom is -0.495 e. The van der Waals surface area contributed by atoms with E-state index in [-0.39, 0.29) is 11.5 Å². The number of nitrogen functional groups attached to an aromatic ring is 1. The van der Waals surface area contributed by atoms with Crippen molar-refractivity contribution in [3.63, 3.8) is 0 Å². The fourth-order valence-electron chi connectivity index (χ4n) is 1.42. The summed E-state index contributed by atoms with van der Waals surface area (Å²) in [7, 11) is -1.37. The van der Waals surface area contributed by atoms with Gasteiger partial charge in [-0.25, -0.2) is 8.42 Å². The molecule has 0 aliphatic heterocycles. The Balaban J connectivity index is 2.43. The maximum absolute atomic E-state index is 11.3. The van der Waals surface area contributed by atoms with Gasteiger partial charge in [-0.05, 0) is 18.6 Å². The molecule has 1 rings (SSSR count). The second-order valence-electron chi connectivity index (χ2n) is 3.84. The summed E-state index contributed by atoms with van der Waals surface area (Å²) in [4.78, 5) is 0. The molecule has 0 aromatic heterocycles. The number of nitrogens with two attached hydrogens (primary N) is 1. The van der Waals surface area contributed by atoms with Crippen molar-refractivity contribution in [2.75, 3.05) is 31.0 Å². The summed E-state index contributed by atoms with van der Waals surface area (Å²) in [6.07, 6.45) is 0.474. The highest BCUT2D eigenvalue weighted by atomic mass is 32.2. The molecule has 102 valence electrons. The normalized spacial score (nSPS) is 11.2. The second kappa shape index (κ2) is 6.49. The molecule has 0 saturated carbocycles. The van der Waals surface area contributed by atoms with Crippen LogP contribution in [0.15, 0.2) is 18.2 Å². The summed E-state index contributed by atoms with van der Waals surface area (Å²) < 4.78 is 33.0. The van der Waals surface area contributed by atoms with Gasteiger partial charge < -0.3 is 15.2 Å². The van der Waals surface area contributed by atoms with E-state index in [0.29, 0.717) is 30.2 Å². The van der Waals surface area contributed by atoms with Gasteiger partial charge in [-0.3, -0.25) is 0 Å². The zero-order valence-electron chi connectivity index (χ0n) is 10.7. The Hall–Kier alpha value is -1.43. The van der Waals surface area contributed by atoms with E-state index in [1.54, 1.807) is 32.2 Å². The minimum atomic E-state index is -2.92. The third-order valence-corrected chi connectivity index (χ3v) is 4.30. The van der Waals surface area contributed by atoms with Gasteiger partial charge in [0.1, 0.15) is 21.3 Å². The molecule has 0 atom stereocenters. The number of anilines is 1. The third kappa shape index (κ3) is 4.44. The predicted molar refractivity (Wildman–Crippen MR) is 71.8 cm³/mol. The molecule has 0 spiro atoms. The maximum Gasteiger partial charge on any atom is 0.150 e. The number of ether oxygens (including phenoxy) is 2. The first-order chi connectivity index (χ1) is 8.48. The summed E-state index contributed by atoms with van der Waals surface area (Å²) >= 11 is 0. The van der Waals surface area contributed by atoms with Gasteiger partial charge in [0, 0.05) is 11.8 Å². The lowest BCUT2D eigenvalue weighted by molar-refractivity contribution is 0.317. The number of methoxy groups -OCH3 is 1. The molecule has 0 radical (unpaired) electrons. The zero-order chi connectivity index (χ0) is 13.6. The van der Waals surface area contributed by atoms with E-state index < -0.39 is 9.84 Å². The number of rotatable bonds is 7. The highest BCUT2D eigenvalue weighted by molar-refractivity contribution is 7.91. The molecular weight excluding hydrogens is 254 g/mol. The van der Waals surface area contributed by atoms with Crippen LogP contribution in [0.4, 0.5) is 5.69 Å². The SMILES string of the molecule is CCS(=O)(=O)CCCOc1ccc(OC)c(N)c1. The molecule has 1 aromatic rings. The summed E-state index contributed by atoms with van der Waals surface area (Å²) in [5.41, 5.74) is 6.22. The molecule has 6 heteroatoms. The van der Waals surface area contributed by atoms with Crippen LogP contribution in [0.1, 0.15) is 13.3 Å². The van der Waals surface area contributed by atoms with Gasteiger partial charge in [-0.1, -0.05) is 6.92 Å². The molecule has 0 saturated heterocycles. The van der Waals surface area contributed by atoms with Crippen molar-refractivity contribution in [3.8, 4) is 11.5 Å². The Labute approximate surface area is 108 Å². The molecule has 0 fully saturated rings. The molecule has 0 unspecified atom stereocenters. The van der Waals surface area contributed by atoms with Crippen LogP contribution in [-0.4, -0.2) is 33.6 Å². The van der Waals surface area contributed by atoms with Crippen molar-refractivity contribution in [3.05, 3.63) is 18.2 Å². The van der Waals surface area contributed by atoms with Crippen molar-refractivity contribution in [2.45, 2.75) is 13.3 Å². The Morgan fingerprint density at radius 3 is 2.61 bits per heavy atom. The van der Waals surface area contributed by atoms with Crippen LogP contribution in [0.2, 0.25) is 0 Å². The number of benzene rings is 1. The molecular formula is C12H19NO4S. The second-order valence-corrected chi connectivity index (χ2v) is 6.31. The first-order valence-electron chi connectivity index (χ1n) is 5.75. The van der Waals surface area contributed by atoms with Gasteiger partial charge in [0.25, 0.3) is 0 Å². The number of hydrogen-bond acceptors (Lipinski definition) is 5. The van der Waals surface area contributed by atoms with E-state index in [0.717, 1.165) is 0 Å². The van der Waals surface area contributed by atoms with Crippen molar-refractivity contribution >= 4 is 15.5 Å². The molecule has 18 heavy (non-hydrogen) atoms. The van der Waals surface area contributed by atoms with E-state index in [9.17, 15) is 8.42 Å². The van der Waals surface area contributed by atoms with Crippen LogP contribution in [0.25, 0.3) is 0 Å². The molecule has 0 bridgehead atoms. The first kappa shape index (κ1) is 14.6. The predicted octanol–water partition coefficient (Wildman–Crippen LogP) is 1.48. The van der Waals surface area contributed by atoms with E-state index >= 15 is 0 Å². The summed E-state index contributed by atoms with van der Waals surface area (Å²) in [6, 6.07) is 5.12. The molecule has 0 heterocycles. The zero-order valence-corrected chi connectivity index (χ0v) is 11.5. The van der Waals surface area contributed by atoms with Crippen LogP contribution >= 0.6 is 0 Å². The highest BCUT2D eigenvalue weighted by Gasteiger charge is 2.07. The average Bonchev–Trinajstić information content (AvgIpc) is 2.35. The van der Waals surface area contributed by atoms with Crippen molar-refractivity contribution in [1.82, 2.24) is 0 Å². The summed E-state index contributed by atoms with van der Waals surface area (Å²) in [5.74, 6) is 1.52. The van der Waals surface area contributed by atoms with E-state index in [1.165, 1.54) is 0 Å². The molecule has 0 amide bonds. The largest absolute Gasteiger partial charge is 0.495 e. The Bertz CT molecular complexity index is 485. The summed E-state index contributed by atoms with van der Waals surface area (Å²) in [6.45, 7) is 1.99. The minimum absolute atomic E-state index is 0.148. The van der Waals surface area contributed by atoms with Crippen LogP contribution < -0.4 is 15.2 Å². The molecule has 0 aliphatic rings. The van der Waals surface area contributed by atoms with Crippen LogP contribution in [-0.2, 0) is 9.84 Å². The van der Waals surface area contributed by atoms with Crippen LogP contribution in [0.3, 0.4) is 0 Å². The van der Waals surface area contributed by atoms with Crippen LogP contribution in [0.5, 0.6) is 11.5 Å². The number of sulfone groups is 1. The van der Waals surface area contributed by atoms with Gasteiger partial charge in [-0.2, -0.15) is 0 Å². The molecule has 2 N–H and O–H groups in total. The Morgan fingerprint density at radius 1 is 1.33 bits per heavy atom. The maximum atomic E-state index is 11.3. The smallest absolute Gasteiger partial charge is 0.150 e. The van der Waals surface area contributed by atoms with Gasteiger partial charge in [0.05, 0.1) is 25.2 Å². The third-order valence-electron chi connectivity index (χ3n) is 2.51. The van der Waals surface area contributed by atoms with Crippen molar-refractivity contribution < 1.29 is 17.9 Å². The van der Waals surface area contributed by atoms with E-state index in [4.69, 9.17) is 15.2 Å². The lowest BCUT2D eigenvalue weighted by Gasteiger charge is -2.09. The van der Waals surface area contributed by atoms with Crippen molar-refractivity contribution in [2.24, 2.45) is 0 Å². The fourth-order valence-corrected chi connectivity index (χ4v) is 2.26. The lowest BCUT2D eigenvalue weighted by atomic mass is 10.3. The topological polar surface area (TPSA) is 78.6 Å². The number of hydrogen-bond donors (Lipinski definition) is 1. The van der Waals surface area contributed by atoms with Gasteiger partial charge >= 0.3 is 0 Å². The molecule has 1 aromatic carbocycles. The Morgan fingerprint density at radius 2 is 2.06 bits per heavy atom. The standard InChI is InChI=1S/C12H19NO4S/c1-3-18(14,15)8-4-7-17-10-5-6-12(16-2)11(13)9-10/h5-6,9H,3-4,7-8,13H2,1-2H3. The lowest BCUT2D eigenvalue weighted by Crippen LogP contribution is -2.11. The van der Waals surface area contributed by atoms with Gasteiger partial charge in [0.2, 0.25) is 0 Å². The Kier molecular flexibility index (Phi) is 5.27. The quantitative estimate of drug-likeness (QED) is 0.601.